The van der Waals surface area contributed by atoms with Crippen LogP contribution in [0, 0.1) is 6.92 Å². The summed E-state index contributed by atoms with van der Waals surface area (Å²) in [5, 5.41) is 0. The van der Waals surface area contributed by atoms with Crippen LogP contribution in [0.15, 0.2) is 0 Å². The largest absolute Gasteiger partial charge is 0.355 e. The number of alkyl halides is 2. The molecule has 0 aliphatic carbocycles. The van der Waals surface area contributed by atoms with Gasteiger partial charge in [-0.05, 0) is 13.3 Å². The Kier molecular flexibility index (Phi) is 4.52. The zero-order valence-electron chi connectivity index (χ0n) is 6.20. The predicted octanol–water partition coefficient (Wildman–Crippen LogP) is 2.62. The Labute approximate surface area is 60.4 Å². The highest BCUT2D eigenvalue weighted by Crippen LogP contribution is 2.21. The third-order valence-corrected chi connectivity index (χ3v) is 1.13. The van der Waals surface area contributed by atoms with Crippen molar-refractivity contribution in [3.8, 4) is 0 Å². The van der Waals surface area contributed by atoms with E-state index in [2.05, 4.69) is 11.7 Å². The molecule has 0 spiro atoms. The highest BCUT2D eigenvalue weighted by Gasteiger charge is 2.27. The van der Waals surface area contributed by atoms with Gasteiger partial charge in [0.15, 0.2) is 0 Å². The molecule has 0 amide bonds. The summed E-state index contributed by atoms with van der Waals surface area (Å²) in [6, 6.07) is 0. The van der Waals surface area contributed by atoms with E-state index >= 15 is 0 Å². The fourth-order valence-electron chi connectivity index (χ4n) is 0.604. The van der Waals surface area contributed by atoms with Gasteiger partial charge in [-0.3, -0.25) is 0 Å². The maximum atomic E-state index is 12.3. The van der Waals surface area contributed by atoms with Gasteiger partial charge in [0, 0.05) is 6.42 Å². The first kappa shape index (κ1) is 9.82. The van der Waals surface area contributed by atoms with Gasteiger partial charge in [-0.2, -0.15) is 8.78 Å². The van der Waals surface area contributed by atoms with Crippen molar-refractivity contribution in [2.75, 3.05) is 6.61 Å². The van der Waals surface area contributed by atoms with Crippen LogP contribution in [0.25, 0.3) is 0 Å². The molecule has 0 bridgehead atoms. The normalized spacial score (nSPS) is 12.0. The number of ether oxygens (including phenoxy) is 1. The molecule has 10 heavy (non-hydrogen) atoms. The molecule has 0 aliphatic heterocycles. The number of unbranched alkanes of at least 4 members (excludes halogenated alkanes) is 1. The van der Waals surface area contributed by atoms with Crippen LogP contribution in [0.2, 0.25) is 0 Å². The molecule has 0 fully saturated rings. The first-order valence-corrected chi connectivity index (χ1v) is 3.43. The van der Waals surface area contributed by atoms with Crippen LogP contribution in [0.1, 0.15) is 26.2 Å². The van der Waals surface area contributed by atoms with E-state index in [1.54, 1.807) is 0 Å². The maximum absolute atomic E-state index is 12.3. The summed E-state index contributed by atoms with van der Waals surface area (Å²) in [6.45, 7) is 4.87. The van der Waals surface area contributed by atoms with Gasteiger partial charge in [-0.25, -0.2) is 0 Å². The van der Waals surface area contributed by atoms with Crippen LogP contribution in [0.5, 0.6) is 0 Å². The topological polar surface area (TPSA) is 9.23 Å². The van der Waals surface area contributed by atoms with E-state index in [0.717, 1.165) is 6.42 Å². The lowest BCUT2D eigenvalue weighted by atomic mass is 10.2. The second-order valence-corrected chi connectivity index (χ2v) is 2.09. The van der Waals surface area contributed by atoms with E-state index in [9.17, 15) is 8.78 Å². The Bertz CT molecular complexity index is 83.7. The van der Waals surface area contributed by atoms with Crippen LogP contribution >= 0.6 is 0 Å². The molecular formula is C7H13F2O. The van der Waals surface area contributed by atoms with Crippen molar-refractivity contribution in [2.45, 2.75) is 32.3 Å². The number of rotatable bonds is 5. The number of halogens is 2. The van der Waals surface area contributed by atoms with Gasteiger partial charge in [-0.1, -0.05) is 13.3 Å². The highest BCUT2D eigenvalue weighted by molar-refractivity contribution is 4.52. The van der Waals surface area contributed by atoms with Crippen LogP contribution in [0.4, 0.5) is 8.78 Å². The fraction of sp³-hybridized carbons (Fsp3) is 0.857. The third-order valence-electron chi connectivity index (χ3n) is 1.13. The summed E-state index contributed by atoms with van der Waals surface area (Å²) in [4.78, 5) is 0. The zero-order valence-corrected chi connectivity index (χ0v) is 6.20. The molecule has 0 atom stereocenters. The number of hydrogen-bond donors (Lipinski definition) is 0. The van der Waals surface area contributed by atoms with E-state index in [4.69, 9.17) is 0 Å². The van der Waals surface area contributed by atoms with E-state index in [1.807, 2.05) is 6.92 Å². The minimum Gasteiger partial charge on any atom is -0.320 e. The van der Waals surface area contributed by atoms with Gasteiger partial charge in [-0.15, -0.1) is 0 Å². The molecule has 0 saturated heterocycles. The molecule has 0 aromatic carbocycles. The zero-order chi connectivity index (χ0) is 8.04. The average molecular weight is 151 g/mol. The van der Waals surface area contributed by atoms with Gasteiger partial charge in [0.1, 0.15) is 0 Å². The Balaban J connectivity index is 3.42. The monoisotopic (exact) mass is 151 g/mol. The van der Waals surface area contributed by atoms with Crippen molar-refractivity contribution < 1.29 is 13.5 Å². The predicted molar refractivity (Wildman–Crippen MR) is 35.8 cm³/mol. The molecular weight excluding hydrogens is 138 g/mol. The van der Waals surface area contributed by atoms with Crippen molar-refractivity contribution in [1.82, 2.24) is 0 Å². The highest BCUT2D eigenvalue weighted by atomic mass is 19.3. The second-order valence-electron chi connectivity index (χ2n) is 2.09. The van der Waals surface area contributed by atoms with Crippen molar-refractivity contribution in [1.29, 1.82) is 0 Å². The molecule has 0 saturated carbocycles. The summed E-state index contributed by atoms with van der Waals surface area (Å²) >= 11 is 0. The SMILES string of the molecule is [CH2]COC(F)(F)CCCC. The molecule has 0 aliphatic rings. The molecule has 61 valence electrons. The van der Waals surface area contributed by atoms with Crippen molar-refractivity contribution in [3.63, 3.8) is 0 Å². The standard InChI is InChI=1S/C7H13F2O/c1-3-5-6-7(8,9)10-4-2/h2-6H2,1H3. The molecule has 0 aromatic rings. The van der Waals surface area contributed by atoms with Gasteiger partial charge in [0.25, 0.3) is 0 Å². The molecule has 0 heterocycles. The summed E-state index contributed by atoms with van der Waals surface area (Å²) in [5.74, 6) is 0. The van der Waals surface area contributed by atoms with Crippen molar-refractivity contribution in [2.24, 2.45) is 0 Å². The lowest BCUT2D eigenvalue weighted by Crippen LogP contribution is -2.20. The Hall–Kier alpha value is -0.180. The van der Waals surface area contributed by atoms with E-state index in [-0.39, 0.29) is 13.0 Å². The van der Waals surface area contributed by atoms with E-state index < -0.39 is 6.11 Å². The fourth-order valence-corrected chi connectivity index (χ4v) is 0.604. The molecule has 0 aromatic heterocycles. The average Bonchev–Trinajstić information content (AvgIpc) is 1.84. The first-order valence-electron chi connectivity index (χ1n) is 3.43. The minimum absolute atomic E-state index is 0.170. The van der Waals surface area contributed by atoms with Crippen molar-refractivity contribution in [3.05, 3.63) is 6.92 Å². The van der Waals surface area contributed by atoms with E-state index in [0.29, 0.717) is 6.42 Å². The Morgan fingerprint density at radius 3 is 2.50 bits per heavy atom. The van der Waals surface area contributed by atoms with E-state index in [1.165, 1.54) is 0 Å². The van der Waals surface area contributed by atoms with Crippen LogP contribution in [-0.2, 0) is 4.74 Å². The van der Waals surface area contributed by atoms with Crippen LogP contribution in [0.3, 0.4) is 0 Å². The molecule has 1 nitrogen and oxygen atoms in total. The minimum atomic E-state index is -2.96. The molecule has 0 rings (SSSR count). The number of hydrogen-bond acceptors (Lipinski definition) is 1. The van der Waals surface area contributed by atoms with Crippen molar-refractivity contribution >= 4 is 0 Å². The second kappa shape index (κ2) is 4.61. The first-order chi connectivity index (χ1) is 4.62. The van der Waals surface area contributed by atoms with Gasteiger partial charge >= 0.3 is 6.11 Å². The quantitative estimate of drug-likeness (QED) is 0.586. The third kappa shape index (κ3) is 4.68. The molecule has 1 radical (unpaired) electrons. The summed E-state index contributed by atoms with van der Waals surface area (Å²) in [5.41, 5.74) is 0. The lowest BCUT2D eigenvalue weighted by Gasteiger charge is -2.14. The molecule has 0 N–H and O–H groups in total. The van der Waals surface area contributed by atoms with Gasteiger partial charge in [0.2, 0.25) is 0 Å². The Morgan fingerprint density at radius 1 is 1.50 bits per heavy atom. The lowest BCUT2D eigenvalue weighted by molar-refractivity contribution is -0.236. The van der Waals surface area contributed by atoms with Gasteiger partial charge < -0.3 is 4.74 Å². The van der Waals surface area contributed by atoms with Crippen LogP contribution in [-0.4, -0.2) is 12.7 Å². The van der Waals surface area contributed by atoms with Gasteiger partial charge in [0.05, 0.1) is 6.61 Å². The summed E-state index contributed by atoms with van der Waals surface area (Å²) < 4.78 is 28.8. The summed E-state index contributed by atoms with van der Waals surface area (Å²) in [7, 11) is 0. The molecule has 3 heteroatoms. The van der Waals surface area contributed by atoms with Crippen LogP contribution < -0.4 is 0 Å². The summed E-state index contributed by atoms with van der Waals surface area (Å²) in [6.07, 6.45) is -1.90. The molecule has 0 unspecified atom stereocenters. The smallest absolute Gasteiger partial charge is 0.320 e. The maximum Gasteiger partial charge on any atom is 0.355 e. The Morgan fingerprint density at radius 2 is 2.10 bits per heavy atom.